The predicted octanol–water partition coefficient (Wildman–Crippen LogP) is 1.01. The maximum atomic E-state index is 10.3. The molecular weight excluding hydrogens is 271 g/mol. The largest absolute Gasteiger partial charge is 1.00 e. The maximum absolute atomic E-state index is 10.3. The molecule has 3 nitrogen and oxygen atoms in total. The van der Waals surface area contributed by atoms with E-state index in [-0.39, 0.29) is 35.3 Å². The van der Waals surface area contributed by atoms with Crippen molar-refractivity contribution in [2.24, 2.45) is 0 Å². The third-order valence-corrected chi connectivity index (χ3v) is 3.54. The third-order valence-electron chi connectivity index (χ3n) is 2.94. The standard InChI is InChI=1S/C14H28O3S.Na/c1-2-3-4-5-6-7-8-9-10-11-12-13-14-18(15,16)17;/h12-13H,2-11,14H2,1H3,(H,15,16,17);/q;+1/p-1. The summed E-state index contributed by atoms with van der Waals surface area (Å²) in [5.74, 6) is -0.371. The molecule has 0 heterocycles. The summed E-state index contributed by atoms with van der Waals surface area (Å²) in [6, 6.07) is 0. The van der Waals surface area contributed by atoms with Crippen molar-refractivity contribution in [2.45, 2.75) is 71.1 Å². The number of rotatable bonds is 12. The second-order valence-corrected chi connectivity index (χ2v) is 6.26. The zero-order valence-corrected chi connectivity index (χ0v) is 15.4. The molecule has 0 aliphatic carbocycles. The zero-order valence-electron chi connectivity index (χ0n) is 12.6. The van der Waals surface area contributed by atoms with Gasteiger partial charge >= 0.3 is 29.6 Å². The summed E-state index contributed by atoms with van der Waals surface area (Å²) in [6.07, 6.45) is 15.7. The average molecular weight is 298 g/mol. The molecule has 0 atom stereocenters. The monoisotopic (exact) mass is 298 g/mol. The van der Waals surface area contributed by atoms with Crippen molar-refractivity contribution < 1.29 is 42.5 Å². The van der Waals surface area contributed by atoms with Crippen LogP contribution in [0, 0.1) is 0 Å². The van der Waals surface area contributed by atoms with Gasteiger partial charge in [0.2, 0.25) is 0 Å². The van der Waals surface area contributed by atoms with Crippen LogP contribution < -0.4 is 29.6 Å². The van der Waals surface area contributed by atoms with E-state index in [0.29, 0.717) is 0 Å². The van der Waals surface area contributed by atoms with Crippen LogP contribution >= 0.6 is 0 Å². The van der Waals surface area contributed by atoms with Crippen molar-refractivity contribution in [1.29, 1.82) is 0 Å². The number of unbranched alkanes of at least 4 members (excludes halogenated alkanes) is 9. The minimum atomic E-state index is -4.07. The molecule has 0 aliphatic rings. The molecule has 0 amide bonds. The minimum absolute atomic E-state index is 0. The topological polar surface area (TPSA) is 57.2 Å². The number of hydrogen-bond acceptors (Lipinski definition) is 3. The molecule has 0 saturated carbocycles. The van der Waals surface area contributed by atoms with Crippen molar-refractivity contribution in [3.05, 3.63) is 12.2 Å². The molecule has 0 unspecified atom stereocenters. The number of allylic oxidation sites excluding steroid dienone is 1. The Kier molecular flexibility index (Phi) is 17.4. The minimum Gasteiger partial charge on any atom is -0.748 e. The Morgan fingerprint density at radius 1 is 0.842 bits per heavy atom. The molecular formula is C14H27NaO3S. The quantitative estimate of drug-likeness (QED) is 0.234. The Morgan fingerprint density at radius 3 is 1.79 bits per heavy atom. The smallest absolute Gasteiger partial charge is 0.748 e. The molecule has 108 valence electrons. The van der Waals surface area contributed by atoms with Gasteiger partial charge in [-0.25, -0.2) is 8.42 Å². The van der Waals surface area contributed by atoms with Gasteiger partial charge in [0.1, 0.15) is 0 Å². The summed E-state index contributed by atoms with van der Waals surface area (Å²) in [5, 5.41) is 0. The van der Waals surface area contributed by atoms with Gasteiger partial charge in [0.05, 0.1) is 15.9 Å². The maximum Gasteiger partial charge on any atom is 1.00 e. The summed E-state index contributed by atoms with van der Waals surface area (Å²) in [4.78, 5) is 0. The summed E-state index contributed by atoms with van der Waals surface area (Å²) < 4.78 is 30.9. The van der Waals surface area contributed by atoms with E-state index in [2.05, 4.69) is 6.92 Å². The van der Waals surface area contributed by atoms with Gasteiger partial charge in [-0.3, -0.25) is 0 Å². The van der Waals surface area contributed by atoms with E-state index < -0.39 is 10.1 Å². The third kappa shape index (κ3) is 21.1. The molecule has 0 radical (unpaired) electrons. The van der Waals surface area contributed by atoms with Crippen LogP contribution in [0.25, 0.3) is 0 Å². The van der Waals surface area contributed by atoms with Crippen LogP contribution in [0.2, 0.25) is 0 Å². The fraction of sp³-hybridized carbons (Fsp3) is 0.857. The molecule has 0 aromatic heterocycles. The van der Waals surface area contributed by atoms with Crippen molar-refractivity contribution >= 4 is 10.1 Å². The molecule has 0 N–H and O–H groups in total. The van der Waals surface area contributed by atoms with E-state index in [9.17, 15) is 13.0 Å². The van der Waals surface area contributed by atoms with E-state index >= 15 is 0 Å². The second-order valence-electron chi connectivity index (χ2n) is 4.81. The Labute approximate surface area is 141 Å². The molecule has 0 fully saturated rings. The van der Waals surface area contributed by atoms with Gasteiger partial charge in [-0.2, -0.15) is 0 Å². The van der Waals surface area contributed by atoms with Crippen LogP contribution in [-0.4, -0.2) is 18.7 Å². The fourth-order valence-electron chi connectivity index (χ4n) is 1.88. The zero-order chi connectivity index (χ0) is 13.7. The SMILES string of the molecule is CCCCCCCCCCCC=CCS(=O)(=O)[O-].[Na+]. The Hall–Kier alpha value is 0.650. The van der Waals surface area contributed by atoms with Crippen LogP contribution in [0.1, 0.15) is 71.1 Å². The van der Waals surface area contributed by atoms with Gasteiger partial charge in [0, 0.05) is 0 Å². The van der Waals surface area contributed by atoms with E-state index in [0.717, 1.165) is 12.8 Å². The normalized spacial score (nSPS) is 11.7. The van der Waals surface area contributed by atoms with E-state index in [1.807, 2.05) is 0 Å². The van der Waals surface area contributed by atoms with Crippen molar-refractivity contribution in [1.82, 2.24) is 0 Å². The summed E-state index contributed by atoms with van der Waals surface area (Å²) in [5.41, 5.74) is 0. The molecule has 19 heavy (non-hydrogen) atoms. The first-order valence-electron chi connectivity index (χ1n) is 7.15. The van der Waals surface area contributed by atoms with Crippen molar-refractivity contribution in [2.75, 3.05) is 5.75 Å². The van der Waals surface area contributed by atoms with E-state index in [4.69, 9.17) is 0 Å². The molecule has 0 spiro atoms. The van der Waals surface area contributed by atoms with Gasteiger partial charge in [0.15, 0.2) is 0 Å². The van der Waals surface area contributed by atoms with Crippen molar-refractivity contribution in [3.8, 4) is 0 Å². The summed E-state index contributed by atoms with van der Waals surface area (Å²) >= 11 is 0. The average Bonchev–Trinajstić information content (AvgIpc) is 2.29. The Morgan fingerprint density at radius 2 is 1.32 bits per heavy atom. The molecule has 0 bridgehead atoms. The van der Waals surface area contributed by atoms with Crippen LogP contribution in [0.5, 0.6) is 0 Å². The predicted molar refractivity (Wildman–Crippen MR) is 75.5 cm³/mol. The molecule has 0 saturated heterocycles. The molecule has 0 aromatic rings. The molecule has 0 aliphatic heterocycles. The first-order chi connectivity index (χ1) is 8.56. The second kappa shape index (κ2) is 15.0. The van der Waals surface area contributed by atoms with Crippen LogP contribution in [0.15, 0.2) is 12.2 Å². The number of hydrogen-bond donors (Lipinski definition) is 0. The van der Waals surface area contributed by atoms with Crippen LogP contribution in [0.3, 0.4) is 0 Å². The van der Waals surface area contributed by atoms with Crippen molar-refractivity contribution in [3.63, 3.8) is 0 Å². The van der Waals surface area contributed by atoms with Gasteiger partial charge < -0.3 is 4.55 Å². The van der Waals surface area contributed by atoms with E-state index in [1.165, 1.54) is 57.4 Å². The summed E-state index contributed by atoms with van der Waals surface area (Å²) in [7, 11) is -4.07. The fourth-order valence-corrected chi connectivity index (χ4v) is 2.25. The molecule has 0 rings (SSSR count). The van der Waals surface area contributed by atoms with Crippen LogP contribution in [-0.2, 0) is 10.1 Å². The van der Waals surface area contributed by atoms with Gasteiger partial charge in [-0.05, 0) is 12.8 Å². The Balaban J connectivity index is 0. The van der Waals surface area contributed by atoms with Gasteiger partial charge in [-0.15, -0.1) is 0 Å². The van der Waals surface area contributed by atoms with Crippen LogP contribution in [0.4, 0.5) is 0 Å². The van der Waals surface area contributed by atoms with Gasteiger partial charge in [0.25, 0.3) is 0 Å². The van der Waals surface area contributed by atoms with Gasteiger partial charge in [-0.1, -0.05) is 70.4 Å². The first-order valence-corrected chi connectivity index (χ1v) is 8.72. The van der Waals surface area contributed by atoms with E-state index in [1.54, 1.807) is 6.08 Å². The molecule has 5 heteroatoms. The Bertz CT molecular complexity index is 300. The summed E-state index contributed by atoms with van der Waals surface area (Å²) in [6.45, 7) is 2.23. The first kappa shape index (κ1) is 21.9. The molecule has 0 aromatic carbocycles.